The molecule has 1 aromatic heterocycles. The molecule has 4 rings (SSSR count). The van der Waals surface area contributed by atoms with Crippen LogP contribution in [0.4, 0.5) is 0 Å². The maximum Gasteiger partial charge on any atom is 0.150 e. The topological polar surface area (TPSA) is 60.1 Å². The number of hydrogen-bond acceptors (Lipinski definition) is 4. The second-order valence-corrected chi connectivity index (χ2v) is 6.19. The second kappa shape index (κ2) is 6.58. The molecular weight excluding hydrogens is 314 g/mol. The van der Waals surface area contributed by atoms with E-state index in [0.29, 0.717) is 5.56 Å². The molecule has 1 unspecified atom stereocenters. The lowest BCUT2D eigenvalue weighted by atomic mass is 10.1. The molecule has 25 heavy (non-hydrogen) atoms. The molecule has 3 aromatic rings. The van der Waals surface area contributed by atoms with Crippen molar-refractivity contribution < 1.29 is 9.47 Å². The third kappa shape index (κ3) is 2.86. The first kappa shape index (κ1) is 15.7. The quantitative estimate of drug-likeness (QED) is 0.717. The van der Waals surface area contributed by atoms with Crippen LogP contribution in [-0.4, -0.2) is 23.5 Å². The predicted octanol–water partition coefficient (Wildman–Crippen LogP) is 4.28. The van der Waals surface area contributed by atoms with Crippen LogP contribution in [0.5, 0.6) is 5.75 Å². The molecule has 5 nitrogen and oxygen atoms in total. The van der Waals surface area contributed by atoms with Crippen LogP contribution in [0.1, 0.15) is 31.1 Å². The fourth-order valence-electron chi connectivity index (χ4n) is 3.33. The molecule has 0 saturated carbocycles. The number of ether oxygens (including phenoxy) is 2. The van der Waals surface area contributed by atoms with Crippen LogP contribution >= 0.6 is 0 Å². The van der Waals surface area contributed by atoms with E-state index in [1.807, 2.05) is 47.1 Å². The van der Waals surface area contributed by atoms with E-state index < -0.39 is 0 Å². The van der Waals surface area contributed by atoms with Gasteiger partial charge in [-0.2, -0.15) is 10.4 Å². The highest BCUT2D eigenvalue weighted by atomic mass is 16.5. The molecule has 1 atom stereocenters. The zero-order valence-electron chi connectivity index (χ0n) is 14.1. The van der Waals surface area contributed by atoms with Crippen molar-refractivity contribution in [3.63, 3.8) is 0 Å². The molecular formula is C20H19N3O2. The molecule has 1 aliphatic heterocycles. The first-order valence-corrected chi connectivity index (χ1v) is 8.48. The minimum Gasteiger partial charge on any atom is -0.497 e. The normalized spacial score (nSPS) is 17.4. The Hall–Kier alpha value is -2.84. The summed E-state index contributed by atoms with van der Waals surface area (Å²) in [6.45, 7) is 0.761. The summed E-state index contributed by atoms with van der Waals surface area (Å²) in [4.78, 5) is 0. The van der Waals surface area contributed by atoms with Crippen molar-refractivity contribution in [2.24, 2.45) is 0 Å². The highest BCUT2D eigenvalue weighted by Gasteiger charge is 2.22. The van der Waals surface area contributed by atoms with E-state index in [0.717, 1.165) is 53.8 Å². The number of nitrogens with zero attached hydrogens (tertiary/aromatic N) is 3. The Balaban J connectivity index is 1.91. The predicted molar refractivity (Wildman–Crippen MR) is 95.3 cm³/mol. The van der Waals surface area contributed by atoms with Crippen LogP contribution in [-0.2, 0) is 4.74 Å². The van der Waals surface area contributed by atoms with E-state index in [1.54, 1.807) is 7.11 Å². The Labute approximate surface area is 146 Å². The van der Waals surface area contributed by atoms with Crippen LogP contribution in [0.2, 0.25) is 0 Å². The van der Waals surface area contributed by atoms with Gasteiger partial charge in [0.15, 0.2) is 6.23 Å². The lowest BCUT2D eigenvalue weighted by Crippen LogP contribution is -2.19. The van der Waals surface area contributed by atoms with Gasteiger partial charge in [0.2, 0.25) is 0 Å². The van der Waals surface area contributed by atoms with Crippen molar-refractivity contribution in [3.8, 4) is 23.1 Å². The summed E-state index contributed by atoms with van der Waals surface area (Å²) >= 11 is 0. The first-order valence-electron chi connectivity index (χ1n) is 8.48. The minimum atomic E-state index is -0.0523. The van der Waals surface area contributed by atoms with E-state index >= 15 is 0 Å². The monoisotopic (exact) mass is 333 g/mol. The summed E-state index contributed by atoms with van der Waals surface area (Å²) in [5.74, 6) is 0.783. The Kier molecular flexibility index (Phi) is 4.12. The molecule has 0 spiro atoms. The third-order valence-electron chi connectivity index (χ3n) is 4.61. The molecule has 0 aliphatic carbocycles. The molecule has 1 saturated heterocycles. The van der Waals surface area contributed by atoms with Gasteiger partial charge in [0.05, 0.1) is 24.3 Å². The Morgan fingerprint density at radius 1 is 1.24 bits per heavy atom. The zero-order valence-corrected chi connectivity index (χ0v) is 14.1. The average molecular weight is 333 g/mol. The molecule has 0 bridgehead atoms. The number of hydrogen-bond donors (Lipinski definition) is 0. The minimum absolute atomic E-state index is 0.0523. The molecule has 2 heterocycles. The summed E-state index contributed by atoms with van der Waals surface area (Å²) < 4.78 is 13.2. The Morgan fingerprint density at radius 2 is 2.16 bits per heavy atom. The van der Waals surface area contributed by atoms with Crippen LogP contribution < -0.4 is 4.74 Å². The van der Waals surface area contributed by atoms with Crippen LogP contribution in [0.15, 0.2) is 42.5 Å². The molecule has 126 valence electrons. The fourth-order valence-corrected chi connectivity index (χ4v) is 3.33. The molecule has 0 N–H and O–H groups in total. The maximum atomic E-state index is 9.27. The molecule has 5 heteroatoms. The van der Waals surface area contributed by atoms with Crippen molar-refractivity contribution in [1.82, 2.24) is 9.78 Å². The van der Waals surface area contributed by atoms with Crippen molar-refractivity contribution in [1.29, 1.82) is 5.26 Å². The lowest BCUT2D eigenvalue weighted by Gasteiger charge is -2.23. The SMILES string of the molecule is COc1cccc(-c2nn(C3CCCCO3)c3ccc(C#N)cc23)c1. The third-order valence-corrected chi connectivity index (χ3v) is 4.61. The lowest BCUT2D eigenvalue weighted by molar-refractivity contribution is -0.0365. The Bertz CT molecular complexity index is 949. The molecule has 0 radical (unpaired) electrons. The number of rotatable bonds is 3. The van der Waals surface area contributed by atoms with Gasteiger partial charge in [-0.15, -0.1) is 0 Å². The first-order chi connectivity index (χ1) is 12.3. The second-order valence-electron chi connectivity index (χ2n) is 6.19. The standard InChI is InChI=1S/C20H19N3O2/c1-24-16-6-4-5-15(12-16)20-17-11-14(13-21)8-9-18(17)23(22-20)19-7-2-3-10-25-19/h4-6,8-9,11-12,19H,2-3,7,10H2,1H3. The van der Waals surface area contributed by atoms with E-state index in [2.05, 4.69) is 6.07 Å². The number of methoxy groups -OCH3 is 1. The van der Waals surface area contributed by atoms with E-state index in [4.69, 9.17) is 14.6 Å². The van der Waals surface area contributed by atoms with E-state index in [-0.39, 0.29) is 6.23 Å². The van der Waals surface area contributed by atoms with Gasteiger partial charge in [-0.1, -0.05) is 12.1 Å². The van der Waals surface area contributed by atoms with Gasteiger partial charge in [-0.05, 0) is 49.6 Å². The van der Waals surface area contributed by atoms with E-state index in [1.165, 1.54) is 0 Å². The Morgan fingerprint density at radius 3 is 2.92 bits per heavy atom. The van der Waals surface area contributed by atoms with Crippen molar-refractivity contribution in [2.45, 2.75) is 25.5 Å². The highest BCUT2D eigenvalue weighted by Crippen LogP contribution is 2.34. The summed E-state index contributed by atoms with van der Waals surface area (Å²) in [7, 11) is 1.65. The maximum absolute atomic E-state index is 9.27. The summed E-state index contributed by atoms with van der Waals surface area (Å²) in [5.41, 5.74) is 3.43. The van der Waals surface area contributed by atoms with Crippen molar-refractivity contribution in [3.05, 3.63) is 48.0 Å². The fraction of sp³-hybridized carbons (Fsp3) is 0.300. The van der Waals surface area contributed by atoms with Crippen LogP contribution in [0.3, 0.4) is 0 Å². The van der Waals surface area contributed by atoms with Crippen LogP contribution in [0, 0.1) is 11.3 Å². The van der Waals surface area contributed by atoms with E-state index in [9.17, 15) is 5.26 Å². The smallest absolute Gasteiger partial charge is 0.150 e. The molecule has 1 fully saturated rings. The number of benzene rings is 2. The summed E-state index contributed by atoms with van der Waals surface area (Å²) in [6, 6.07) is 15.7. The van der Waals surface area contributed by atoms with Gasteiger partial charge in [-0.3, -0.25) is 0 Å². The van der Waals surface area contributed by atoms with Gasteiger partial charge in [-0.25, -0.2) is 4.68 Å². The summed E-state index contributed by atoms with van der Waals surface area (Å²) in [5, 5.41) is 15.1. The highest BCUT2D eigenvalue weighted by molar-refractivity contribution is 5.94. The van der Waals surface area contributed by atoms with Crippen molar-refractivity contribution >= 4 is 10.9 Å². The van der Waals surface area contributed by atoms with Crippen molar-refractivity contribution in [2.75, 3.05) is 13.7 Å². The summed E-state index contributed by atoms with van der Waals surface area (Å²) in [6.07, 6.45) is 3.13. The number of aromatic nitrogens is 2. The number of fused-ring (bicyclic) bond motifs is 1. The van der Waals surface area contributed by atoms with Gasteiger partial charge in [0, 0.05) is 17.6 Å². The van der Waals surface area contributed by atoms with Gasteiger partial charge in [0.1, 0.15) is 11.4 Å². The average Bonchev–Trinajstić information content (AvgIpc) is 3.07. The van der Waals surface area contributed by atoms with Crippen LogP contribution in [0.25, 0.3) is 22.2 Å². The van der Waals surface area contributed by atoms with Gasteiger partial charge >= 0.3 is 0 Å². The molecule has 2 aromatic carbocycles. The molecule has 1 aliphatic rings. The number of nitriles is 1. The molecule has 0 amide bonds. The van der Waals surface area contributed by atoms with Gasteiger partial charge < -0.3 is 9.47 Å². The zero-order chi connectivity index (χ0) is 17.2. The largest absolute Gasteiger partial charge is 0.497 e. The van der Waals surface area contributed by atoms with Gasteiger partial charge in [0.25, 0.3) is 0 Å².